The topological polar surface area (TPSA) is 55.4 Å². The van der Waals surface area contributed by atoms with Crippen molar-refractivity contribution in [3.05, 3.63) is 46.8 Å². The molecule has 0 amide bonds. The summed E-state index contributed by atoms with van der Waals surface area (Å²) in [6.07, 6.45) is 0. The highest BCUT2D eigenvalue weighted by Gasteiger charge is 2.14. The molecule has 0 unspecified atom stereocenters. The summed E-state index contributed by atoms with van der Waals surface area (Å²) in [6.45, 7) is 3.84. The summed E-state index contributed by atoms with van der Waals surface area (Å²) in [5, 5.41) is 1.72. The van der Waals surface area contributed by atoms with Crippen LogP contribution in [0.15, 0.2) is 39.9 Å². The monoisotopic (exact) mass is 297 g/mol. The Hall–Kier alpha value is -1.37. The fourth-order valence-electron chi connectivity index (χ4n) is 1.63. The SMILES string of the molecule is Cc1ccc(OCNS(=O)(=O)c2cccs2)c(C)c1. The van der Waals surface area contributed by atoms with E-state index in [2.05, 4.69) is 4.72 Å². The third-order valence-electron chi connectivity index (χ3n) is 2.57. The van der Waals surface area contributed by atoms with Crippen LogP contribution < -0.4 is 9.46 Å². The van der Waals surface area contributed by atoms with E-state index in [0.717, 1.165) is 11.1 Å². The van der Waals surface area contributed by atoms with Gasteiger partial charge in [0, 0.05) is 0 Å². The van der Waals surface area contributed by atoms with E-state index in [9.17, 15) is 8.42 Å². The summed E-state index contributed by atoms with van der Waals surface area (Å²) >= 11 is 1.18. The average Bonchev–Trinajstić information content (AvgIpc) is 2.86. The van der Waals surface area contributed by atoms with Gasteiger partial charge in [0.15, 0.2) is 6.73 Å². The summed E-state index contributed by atoms with van der Waals surface area (Å²) in [6, 6.07) is 9.01. The van der Waals surface area contributed by atoms with Crippen LogP contribution in [0.2, 0.25) is 0 Å². The third-order valence-corrected chi connectivity index (χ3v) is 5.34. The molecule has 1 aromatic heterocycles. The number of benzene rings is 1. The van der Waals surface area contributed by atoms with E-state index in [1.54, 1.807) is 17.5 Å². The normalized spacial score (nSPS) is 11.5. The molecule has 0 spiro atoms. The zero-order valence-electron chi connectivity index (χ0n) is 10.7. The van der Waals surface area contributed by atoms with Gasteiger partial charge in [-0.2, -0.15) is 4.72 Å². The van der Waals surface area contributed by atoms with Crippen molar-refractivity contribution in [1.82, 2.24) is 4.72 Å². The van der Waals surface area contributed by atoms with Gasteiger partial charge in [-0.15, -0.1) is 11.3 Å². The molecule has 0 aliphatic carbocycles. The van der Waals surface area contributed by atoms with Gasteiger partial charge < -0.3 is 4.74 Å². The van der Waals surface area contributed by atoms with Gasteiger partial charge in [-0.25, -0.2) is 8.42 Å². The standard InChI is InChI=1S/C13H15NO3S2/c1-10-5-6-12(11(2)8-10)17-9-14-19(15,16)13-4-3-7-18-13/h3-8,14H,9H2,1-2H3. The van der Waals surface area contributed by atoms with E-state index in [-0.39, 0.29) is 10.9 Å². The van der Waals surface area contributed by atoms with Crippen LogP contribution in [0.3, 0.4) is 0 Å². The molecule has 0 atom stereocenters. The average molecular weight is 297 g/mol. The fraction of sp³-hybridized carbons (Fsp3) is 0.231. The molecular weight excluding hydrogens is 282 g/mol. The predicted molar refractivity (Wildman–Crippen MR) is 76.1 cm³/mol. The smallest absolute Gasteiger partial charge is 0.252 e. The first kappa shape index (κ1) is 14.0. The zero-order chi connectivity index (χ0) is 13.9. The first-order valence-corrected chi connectivity index (χ1v) is 8.08. The molecule has 0 aliphatic rings. The van der Waals surface area contributed by atoms with Crippen LogP contribution in [0.1, 0.15) is 11.1 Å². The van der Waals surface area contributed by atoms with Crippen molar-refractivity contribution >= 4 is 21.4 Å². The summed E-state index contributed by atoms with van der Waals surface area (Å²) in [5.41, 5.74) is 2.12. The molecule has 4 nitrogen and oxygen atoms in total. The van der Waals surface area contributed by atoms with Crippen molar-refractivity contribution in [2.24, 2.45) is 0 Å². The van der Waals surface area contributed by atoms with E-state index in [0.29, 0.717) is 5.75 Å². The highest BCUT2D eigenvalue weighted by molar-refractivity contribution is 7.91. The van der Waals surface area contributed by atoms with Gasteiger partial charge in [-0.3, -0.25) is 0 Å². The minimum Gasteiger partial charge on any atom is -0.477 e. The minimum absolute atomic E-state index is 0.0792. The van der Waals surface area contributed by atoms with Crippen LogP contribution in [0.25, 0.3) is 0 Å². The Bertz CT molecular complexity index is 649. The molecule has 2 rings (SSSR count). The van der Waals surface area contributed by atoms with Gasteiger partial charge in [0.05, 0.1) is 0 Å². The first-order chi connectivity index (χ1) is 8.99. The molecule has 0 saturated heterocycles. The van der Waals surface area contributed by atoms with Crippen LogP contribution in [0.4, 0.5) is 0 Å². The molecule has 0 bridgehead atoms. The first-order valence-electron chi connectivity index (χ1n) is 5.72. The highest BCUT2D eigenvalue weighted by atomic mass is 32.2. The minimum atomic E-state index is -3.46. The molecule has 0 fully saturated rings. The summed E-state index contributed by atoms with van der Waals surface area (Å²) in [4.78, 5) is 0. The number of nitrogens with one attached hydrogen (secondary N) is 1. The molecule has 1 aromatic carbocycles. The van der Waals surface area contributed by atoms with Gasteiger partial charge >= 0.3 is 0 Å². The Morgan fingerprint density at radius 2 is 2.05 bits per heavy atom. The lowest BCUT2D eigenvalue weighted by Crippen LogP contribution is -2.27. The van der Waals surface area contributed by atoms with E-state index in [4.69, 9.17) is 4.74 Å². The summed E-state index contributed by atoms with van der Waals surface area (Å²) in [5.74, 6) is 0.680. The number of thiophene rings is 1. The lowest BCUT2D eigenvalue weighted by molar-refractivity contribution is 0.309. The summed E-state index contributed by atoms with van der Waals surface area (Å²) < 4.78 is 31.8. The van der Waals surface area contributed by atoms with Crippen molar-refractivity contribution in [3.8, 4) is 5.75 Å². The Balaban J connectivity index is 1.97. The molecule has 0 saturated carbocycles. The molecule has 19 heavy (non-hydrogen) atoms. The molecule has 1 heterocycles. The second-order valence-electron chi connectivity index (χ2n) is 4.14. The molecular formula is C13H15NO3S2. The van der Waals surface area contributed by atoms with Crippen LogP contribution in [-0.2, 0) is 10.0 Å². The van der Waals surface area contributed by atoms with Crippen molar-refractivity contribution < 1.29 is 13.2 Å². The molecule has 102 valence electrons. The maximum Gasteiger partial charge on any atom is 0.252 e. The fourth-order valence-corrected chi connectivity index (χ4v) is 3.55. The number of aryl methyl sites for hydroxylation is 2. The van der Waals surface area contributed by atoms with Crippen LogP contribution in [0.5, 0.6) is 5.75 Å². The largest absolute Gasteiger partial charge is 0.477 e. The van der Waals surface area contributed by atoms with Crippen LogP contribution in [0, 0.1) is 13.8 Å². The maximum absolute atomic E-state index is 11.8. The second-order valence-corrected chi connectivity index (χ2v) is 7.08. The van der Waals surface area contributed by atoms with E-state index in [1.807, 2.05) is 32.0 Å². The third kappa shape index (κ3) is 3.56. The zero-order valence-corrected chi connectivity index (χ0v) is 12.3. The molecule has 6 heteroatoms. The van der Waals surface area contributed by atoms with Crippen molar-refractivity contribution in [2.75, 3.05) is 6.73 Å². The second kappa shape index (κ2) is 5.73. The molecule has 0 radical (unpaired) electrons. The quantitative estimate of drug-likeness (QED) is 0.863. The molecule has 0 aliphatic heterocycles. The summed E-state index contributed by atoms with van der Waals surface area (Å²) in [7, 11) is -3.46. The van der Waals surface area contributed by atoms with Crippen molar-refractivity contribution in [3.63, 3.8) is 0 Å². The lowest BCUT2D eigenvalue weighted by atomic mass is 10.1. The number of hydrogen-bond acceptors (Lipinski definition) is 4. The Morgan fingerprint density at radius 3 is 2.68 bits per heavy atom. The Morgan fingerprint density at radius 1 is 1.26 bits per heavy atom. The highest BCUT2D eigenvalue weighted by Crippen LogP contribution is 2.19. The van der Waals surface area contributed by atoms with Crippen molar-refractivity contribution in [1.29, 1.82) is 0 Å². The number of sulfonamides is 1. The maximum atomic E-state index is 11.8. The van der Waals surface area contributed by atoms with Gasteiger partial charge in [0.1, 0.15) is 9.96 Å². The number of rotatable bonds is 5. The van der Waals surface area contributed by atoms with E-state index >= 15 is 0 Å². The Kier molecular flexibility index (Phi) is 4.24. The predicted octanol–water partition coefficient (Wildman–Crippen LogP) is 2.68. The van der Waals surface area contributed by atoms with Crippen molar-refractivity contribution in [2.45, 2.75) is 18.1 Å². The van der Waals surface area contributed by atoms with E-state index in [1.165, 1.54) is 11.3 Å². The van der Waals surface area contributed by atoms with Gasteiger partial charge in [0.25, 0.3) is 10.0 Å². The van der Waals surface area contributed by atoms with Gasteiger partial charge in [-0.1, -0.05) is 23.8 Å². The van der Waals surface area contributed by atoms with E-state index < -0.39 is 10.0 Å². The van der Waals surface area contributed by atoms with Crippen LogP contribution >= 0.6 is 11.3 Å². The molecule has 2 aromatic rings. The van der Waals surface area contributed by atoms with Gasteiger partial charge in [-0.05, 0) is 36.9 Å². The lowest BCUT2D eigenvalue weighted by Gasteiger charge is -2.10. The molecule has 1 N–H and O–H groups in total. The number of hydrogen-bond donors (Lipinski definition) is 1. The van der Waals surface area contributed by atoms with Crippen LogP contribution in [-0.4, -0.2) is 15.1 Å². The Labute approximate surface area is 117 Å². The van der Waals surface area contributed by atoms with Gasteiger partial charge in [0.2, 0.25) is 0 Å². The number of ether oxygens (including phenoxy) is 1.